The Bertz CT molecular complexity index is 730. The molecule has 0 radical (unpaired) electrons. The quantitative estimate of drug-likeness (QED) is 0.590. The molecule has 1 N–H and O–H groups in total. The Balaban J connectivity index is 1.51. The highest BCUT2D eigenvalue weighted by atomic mass is 19.1. The summed E-state index contributed by atoms with van der Waals surface area (Å²) >= 11 is 0. The lowest BCUT2D eigenvalue weighted by Crippen LogP contribution is -2.48. The van der Waals surface area contributed by atoms with Crippen LogP contribution < -0.4 is 0 Å². The predicted molar refractivity (Wildman–Crippen MR) is 101 cm³/mol. The summed E-state index contributed by atoms with van der Waals surface area (Å²) in [5.74, 6) is -0.684. The Hall–Kier alpha value is -2.11. The minimum Gasteiger partial charge on any atom is -0.389 e. The third kappa shape index (κ3) is 5.21. The predicted octanol–water partition coefficient (Wildman–Crippen LogP) is 3.96. The van der Waals surface area contributed by atoms with Gasteiger partial charge in [-0.3, -0.25) is 9.69 Å². The van der Waals surface area contributed by atoms with Crippen LogP contribution in [-0.4, -0.2) is 46.9 Å². The number of carbonyl (C=O) groups is 1. The Morgan fingerprint density at radius 2 is 1.56 bits per heavy atom. The molecule has 3 nitrogen and oxygen atoms in total. The van der Waals surface area contributed by atoms with Crippen molar-refractivity contribution in [3.05, 3.63) is 71.8 Å². The number of Topliss-reactive ketones (excluding diaryl/α,β-unsaturated/α-hetero) is 1. The van der Waals surface area contributed by atoms with E-state index in [1.807, 2.05) is 30.3 Å². The Morgan fingerprint density at radius 1 is 1.00 bits per heavy atom. The average Bonchev–Trinajstić information content (AvgIpc) is 2.69. The van der Waals surface area contributed by atoms with Crippen molar-refractivity contribution in [2.75, 3.05) is 13.1 Å². The van der Waals surface area contributed by atoms with Crippen LogP contribution in [-0.2, 0) is 6.42 Å². The summed E-state index contributed by atoms with van der Waals surface area (Å²) in [5.41, 5.74) is 0.433. The molecule has 2 aromatic rings. The molecule has 1 aliphatic heterocycles. The summed E-state index contributed by atoms with van der Waals surface area (Å²) in [7, 11) is 0. The average molecular weight is 373 g/mol. The standard InChI is InChI=1S/C22H25F2NO2/c23-19(21(26)18-9-5-2-6-10-18)15-20(24)25-13-11-22(27,12-14-25)16-17-7-3-1-4-8-17/h1-10,19-20,27H,11-16H2. The largest absolute Gasteiger partial charge is 0.389 e. The van der Waals surface area contributed by atoms with Crippen molar-refractivity contribution in [1.82, 2.24) is 4.90 Å². The van der Waals surface area contributed by atoms with E-state index in [0.29, 0.717) is 32.4 Å². The van der Waals surface area contributed by atoms with E-state index in [0.717, 1.165) is 5.56 Å². The molecule has 1 fully saturated rings. The van der Waals surface area contributed by atoms with E-state index in [-0.39, 0.29) is 5.56 Å². The van der Waals surface area contributed by atoms with Gasteiger partial charge in [0.25, 0.3) is 0 Å². The lowest BCUT2D eigenvalue weighted by Gasteiger charge is -2.39. The minimum atomic E-state index is -1.87. The van der Waals surface area contributed by atoms with Gasteiger partial charge in [0.2, 0.25) is 0 Å². The lowest BCUT2D eigenvalue weighted by atomic mass is 9.85. The van der Waals surface area contributed by atoms with E-state index in [1.165, 1.54) is 17.0 Å². The highest BCUT2D eigenvalue weighted by molar-refractivity contribution is 5.99. The Kier molecular flexibility index (Phi) is 6.34. The molecule has 3 rings (SSSR count). The summed E-state index contributed by atoms with van der Waals surface area (Å²) < 4.78 is 28.8. The first-order valence-electron chi connectivity index (χ1n) is 9.35. The van der Waals surface area contributed by atoms with Gasteiger partial charge in [0.05, 0.1) is 5.60 Å². The van der Waals surface area contributed by atoms with Crippen molar-refractivity contribution in [2.24, 2.45) is 0 Å². The molecule has 0 aliphatic carbocycles. The first kappa shape index (κ1) is 19.6. The van der Waals surface area contributed by atoms with E-state index in [4.69, 9.17) is 0 Å². The molecule has 27 heavy (non-hydrogen) atoms. The number of carbonyl (C=O) groups excluding carboxylic acids is 1. The van der Waals surface area contributed by atoms with Crippen LogP contribution in [0.3, 0.4) is 0 Å². The number of rotatable bonds is 7. The van der Waals surface area contributed by atoms with Crippen LogP contribution in [0, 0.1) is 0 Å². The zero-order valence-electron chi connectivity index (χ0n) is 15.2. The van der Waals surface area contributed by atoms with Gasteiger partial charge in [-0.1, -0.05) is 60.7 Å². The molecule has 0 saturated carbocycles. The SMILES string of the molecule is O=C(c1ccccc1)C(F)CC(F)N1CCC(O)(Cc2ccccc2)CC1. The maximum atomic E-state index is 14.5. The van der Waals surface area contributed by atoms with Gasteiger partial charge in [-0.25, -0.2) is 8.78 Å². The van der Waals surface area contributed by atoms with E-state index >= 15 is 0 Å². The summed E-state index contributed by atoms with van der Waals surface area (Å²) in [6.07, 6.45) is -2.51. The van der Waals surface area contributed by atoms with E-state index in [9.17, 15) is 18.7 Å². The van der Waals surface area contributed by atoms with Gasteiger partial charge in [0.1, 0.15) is 0 Å². The van der Waals surface area contributed by atoms with E-state index in [2.05, 4.69) is 0 Å². The van der Waals surface area contributed by atoms with Gasteiger partial charge in [-0.05, 0) is 18.4 Å². The number of ketones is 1. The second-order valence-electron chi connectivity index (χ2n) is 7.29. The van der Waals surface area contributed by atoms with Crippen molar-refractivity contribution in [3.63, 3.8) is 0 Å². The van der Waals surface area contributed by atoms with Crippen molar-refractivity contribution in [3.8, 4) is 0 Å². The van der Waals surface area contributed by atoms with Crippen LogP contribution in [0.4, 0.5) is 8.78 Å². The number of likely N-dealkylation sites (tertiary alicyclic amines) is 1. The number of hydrogen-bond acceptors (Lipinski definition) is 3. The van der Waals surface area contributed by atoms with E-state index in [1.54, 1.807) is 18.2 Å². The second-order valence-corrected chi connectivity index (χ2v) is 7.29. The summed E-state index contributed by atoms with van der Waals surface area (Å²) in [4.78, 5) is 13.6. The molecule has 5 heteroatoms. The van der Waals surface area contributed by atoms with Gasteiger partial charge in [0.15, 0.2) is 18.3 Å². The first-order chi connectivity index (χ1) is 13.0. The lowest BCUT2D eigenvalue weighted by molar-refractivity contribution is -0.0541. The van der Waals surface area contributed by atoms with Crippen LogP contribution in [0.25, 0.3) is 0 Å². The highest BCUT2D eigenvalue weighted by Crippen LogP contribution is 2.29. The number of aliphatic hydroxyl groups is 1. The fourth-order valence-electron chi connectivity index (χ4n) is 3.58. The van der Waals surface area contributed by atoms with Gasteiger partial charge in [-0.15, -0.1) is 0 Å². The number of hydrogen-bond donors (Lipinski definition) is 1. The number of piperidine rings is 1. The molecule has 144 valence electrons. The molecule has 0 spiro atoms. The monoisotopic (exact) mass is 373 g/mol. The number of alkyl halides is 2. The van der Waals surface area contributed by atoms with Crippen molar-refractivity contribution >= 4 is 5.78 Å². The summed E-state index contributed by atoms with van der Waals surface area (Å²) in [6.45, 7) is 0.688. The third-order valence-electron chi connectivity index (χ3n) is 5.25. The van der Waals surface area contributed by atoms with Crippen LogP contribution in [0.1, 0.15) is 35.2 Å². The molecule has 0 amide bonds. The number of benzene rings is 2. The second kappa shape index (κ2) is 8.72. The number of nitrogens with zero attached hydrogens (tertiary/aromatic N) is 1. The molecule has 2 aromatic carbocycles. The van der Waals surface area contributed by atoms with Crippen LogP contribution in [0.15, 0.2) is 60.7 Å². The molecule has 1 aliphatic rings. The molecule has 1 heterocycles. The molecule has 0 aromatic heterocycles. The topological polar surface area (TPSA) is 40.5 Å². The Labute approximate surface area is 158 Å². The zero-order valence-corrected chi connectivity index (χ0v) is 15.2. The first-order valence-corrected chi connectivity index (χ1v) is 9.35. The summed E-state index contributed by atoms with van der Waals surface area (Å²) in [5, 5.41) is 10.8. The smallest absolute Gasteiger partial charge is 0.197 e. The van der Waals surface area contributed by atoms with Gasteiger partial charge >= 0.3 is 0 Å². The fraction of sp³-hybridized carbons (Fsp3) is 0.409. The van der Waals surface area contributed by atoms with Crippen molar-refractivity contribution in [2.45, 2.75) is 43.8 Å². The minimum absolute atomic E-state index is 0.257. The van der Waals surface area contributed by atoms with Crippen LogP contribution in [0.2, 0.25) is 0 Å². The van der Waals surface area contributed by atoms with Crippen LogP contribution in [0.5, 0.6) is 0 Å². The third-order valence-corrected chi connectivity index (χ3v) is 5.25. The molecule has 0 bridgehead atoms. The zero-order chi connectivity index (χ0) is 19.3. The molecule has 1 saturated heterocycles. The fourth-order valence-corrected chi connectivity index (χ4v) is 3.58. The number of halogens is 2. The molecular weight excluding hydrogens is 348 g/mol. The van der Waals surface area contributed by atoms with E-state index < -0.39 is 30.3 Å². The highest BCUT2D eigenvalue weighted by Gasteiger charge is 2.36. The maximum absolute atomic E-state index is 14.5. The summed E-state index contributed by atoms with van der Waals surface area (Å²) in [6, 6.07) is 17.8. The van der Waals surface area contributed by atoms with Gasteiger partial charge in [0, 0.05) is 31.5 Å². The van der Waals surface area contributed by atoms with Crippen LogP contribution >= 0.6 is 0 Å². The molecule has 2 unspecified atom stereocenters. The van der Waals surface area contributed by atoms with Crippen molar-refractivity contribution in [1.29, 1.82) is 0 Å². The van der Waals surface area contributed by atoms with Gasteiger partial charge in [-0.2, -0.15) is 0 Å². The van der Waals surface area contributed by atoms with Gasteiger partial charge < -0.3 is 5.11 Å². The molecule has 2 atom stereocenters. The maximum Gasteiger partial charge on any atom is 0.197 e. The van der Waals surface area contributed by atoms with Crippen molar-refractivity contribution < 1.29 is 18.7 Å². The molecular formula is C22H25F2NO2. The normalized spacial score (nSPS) is 19.4. The Morgan fingerprint density at radius 3 is 2.15 bits per heavy atom.